The number of alkyl halides is 2. The Kier molecular flexibility index (Phi) is 9.23. The molecule has 3 N–H and O–H groups in total. The molecule has 2 aromatic carbocycles. The van der Waals surface area contributed by atoms with E-state index in [1.54, 1.807) is 30.6 Å². The van der Waals surface area contributed by atoms with Crippen LogP contribution in [0.1, 0.15) is 60.5 Å². The fourth-order valence-electron chi connectivity index (χ4n) is 5.82. The smallest absolute Gasteiger partial charge is 0.377 e. The van der Waals surface area contributed by atoms with Crippen LogP contribution in [0.15, 0.2) is 54.6 Å². The van der Waals surface area contributed by atoms with Crippen molar-refractivity contribution in [3.8, 4) is 0 Å². The Bertz CT molecular complexity index is 1640. The Labute approximate surface area is 263 Å². The first kappa shape index (κ1) is 33.2. The standard InChI is InChI=1S/C31H36F2N3O7PS/c1-30(2,3)26(34-27(37)25-17-20-16-21(11-12-24(20)45-25)31(32,33)44(40,41)42)29(39)35-13-7-10-22(35)28(38)36-14-15-43-18-23(36)19-8-5-4-6-9-19/h4-6,8-9,11-12,16-17,22-23,26H,7,10,13-15,18H2,1-3H3,(H,34,37)(H2,40,41,42)/t22-,23+,26?/m0/s1. The summed E-state index contributed by atoms with van der Waals surface area (Å²) < 4.78 is 46.1. The molecule has 3 aromatic rings. The summed E-state index contributed by atoms with van der Waals surface area (Å²) in [5.74, 6) is -1.16. The number of ether oxygens (including phenoxy) is 1. The predicted octanol–water partition coefficient (Wildman–Crippen LogP) is 4.86. The SMILES string of the molecule is CC(C)(C)C(NC(=O)c1cc2cc(C(F)(F)P(=O)(O)O)ccc2s1)C(=O)N1CCC[C@H]1C(=O)N1CCOC[C@@H]1c1ccccc1. The molecular formula is C31H36F2N3O7PS. The molecule has 2 fully saturated rings. The summed E-state index contributed by atoms with van der Waals surface area (Å²) in [4.78, 5) is 63.2. The molecule has 2 aliphatic heterocycles. The largest absolute Gasteiger partial charge is 0.399 e. The van der Waals surface area contributed by atoms with Crippen molar-refractivity contribution in [2.75, 3.05) is 26.3 Å². The lowest BCUT2D eigenvalue weighted by atomic mass is 9.85. The van der Waals surface area contributed by atoms with Gasteiger partial charge in [-0.25, -0.2) is 0 Å². The first-order chi connectivity index (χ1) is 21.1. The van der Waals surface area contributed by atoms with Crippen LogP contribution < -0.4 is 5.32 Å². The van der Waals surface area contributed by atoms with Gasteiger partial charge in [0.15, 0.2) is 0 Å². The van der Waals surface area contributed by atoms with Gasteiger partial charge in [-0.15, -0.1) is 11.3 Å². The molecule has 0 aliphatic carbocycles. The molecule has 14 heteroatoms. The van der Waals surface area contributed by atoms with Crippen molar-refractivity contribution in [1.29, 1.82) is 0 Å². The highest BCUT2D eigenvalue weighted by Crippen LogP contribution is 2.59. The molecule has 2 saturated heterocycles. The number of benzene rings is 2. The van der Waals surface area contributed by atoms with Crippen LogP contribution >= 0.6 is 18.9 Å². The third-order valence-electron chi connectivity index (χ3n) is 8.26. The van der Waals surface area contributed by atoms with Crippen molar-refractivity contribution in [2.24, 2.45) is 5.41 Å². The van der Waals surface area contributed by atoms with Gasteiger partial charge < -0.3 is 29.6 Å². The van der Waals surface area contributed by atoms with Gasteiger partial charge in [-0.3, -0.25) is 18.9 Å². The molecule has 0 bridgehead atoms. The second-order valence-corrected chi connectivity index (χ2v) is 15.2. The van der Waals surface area contributed by atoms with Gasteiger partial charge in [0, 0.05) is 23.4 Å². The van der Waals surface area contributed by atoms with Crippen molar-refractivity contribution in [3.63, 3.8) is 0 Å². The number of thiophene rings is 1. The zero-order valence-corrected chi connectivity index (χ0v) is 26.8. The molecule has 242 valence electrons. The lowest BCUT2D eigenvalue weighted by Gasteiger charge is -2.40. The van der Waals surface area contributed by atoms with E-state index in [4.69, 9.17) is 14.5 Å². The molecule has 3 amide bonds. The maximum absolute atomic E-state index is 14.3. The number of halogens is 2. The number of amides is 3. The second kappa shape index (κ2) is 12.5. The van der Waals surface area contributed by atoms with Crippen molar-refractivity contribution < 1.29 is 42.3 Å². The van der Waals surface area contributed by atoms with Crippen molar-refractivity contribution in [2.45, 2.75) is 57.4 Å². The van der Waals surface area contributed by atoms with Gasteiger partial charge in [0.05, 0.1) is 24.1 Å². The monoisotopic (exact) mass is 663 g/mol. The Morgan fingerprint density at radius 2 is 1.76 bits per heavy atom. The fraction of sp³-hybridized carbons (Fsp3) is 0.452. The minimum Gasteiger partial charge on any atom is -0.377 e. The molecule has 0 spiro atoms. The van der Waals surface area contributed by atoms with Crippen LogP contribution in [0.3, 0.4) is 0 Å². The van der Waals surface area contributed by atoms with E-state index >= 15 is 0 Å². The van der Waals surface area contributed by atoms with Gasteiger partial charge in [0.25, 0.3) is 5.91 Å². The topological polar surface area (TPSA) is 136 Å². The second-order valence-electron chi connectivity index (χ2n) is 12.4. The summed E-state index contributed by atoms with van der Waals surface area (Å²) >= 11 is 1.00. The molecule has 0 radical (unpaired) electrons. The zero-order valence-electron chi connectivity index (χ0n) is 25.1. The number of morpholine rings is 1. The summed E-state index contributed by atoms with van der Waals surface area (Å²) in [6.45, 7) is 6.91. The number of fused-ring (bicyclic) bond motifs is 1. The zero-order chi connectivity index (χ0) is 32.7. The summed E-state index contributed by atoms with van der Waals surface area (Å²) in [6.07, 6.45) is 1.12. The van der Waals surface area contributed by atoms with Crippen LogP contribution in [-0.2, 0) is 24.6 Å². The van der Waals surface area contributed by atoms with E-state index in [1.165, 1.54) is 12.1 Å². The summed E-state index contributed by atoms with van der Waals surface area (Å²) in [6, 6.07) is 12.1. The predicted molar refractivity (Wildman–Crippen MR) is 165 cm³/mol. The molecule has 1 aromatic heterocycles. The third-order valence-corrected chi connectivity index (χ3v) is 10.4. The summed E-state index contributed by atoms with van der Waals surface area (Å²) in [7, 11) is -5.77. The van der Waals surface area contributed by atoms with E-state index < -0.39 is 42.2 Å². The number of carbonyl (C=O) groups excluding carboxylic acids is 3. The van der Waals surface area contributed by atoms with E-state index in [-0.39, 0.29) is 28.1 Å². The molecule has 45 heavy (non-hydrogen) atoms. The van der Waals surface area contributed by atoms with E-state index in [2.05, 4.69) is 5.32 Å². The lowest BCUT2D eigenvalue weighted by molar-refractivity contribution is -0.151. The first-order valence-electron chi connectivity index (χ1n) is 14.6. The van der Waals surface area contributed by atoms with Gasteiger partial charge in [0.1, 0.15) is 12.1 Å². The minimum atomic E-state index is -5.77. The van der Waals surface area contributed by atoms with Crippen molar-refractivity contribution >= 4 is 46.7 Å². The average Bonchev–Trinajstić information content (AvgIpc) is 3.66. The first-order valence-corrected chi connectivity index (χ1v) is 17.0. The number of rotatable bonds is 7. The van der Waals surface area contributed by atoms with Crippen LogP contribution in [0.25, 0.3) is 10.1 Å². The Morgan fingerprint density at radius 1 is 1.04 bits per heavy atom. The highest BCUT2D eigenvalue weighted by atomic mass is 32.1. The van der Waals surface area contributed by atoms with Crippen molar-refractivity contribution in [1.82, 2.24) is 15.1 Å². The molecule has 10 nitrogen and oxygen atoms in total. The highest BCUT2D eigenvalue weighted by Gasteiger charge is 2.50. The van der Waals surface area contributed by atoms with Crippen LogP contribution in [0.4, 0.5) is 8.78 Å². The maximum Gasteiger partial charge on any atom is 0.399 e. The number of nitrogens with one attached hydrogen (secondary N) is 1. The Morgan fingerprint density at radius 3 is 2.42 bits per heavy atom. The quantitative estimate of drug-likeness (QED) is 0.307. The third kappa shape index (κ3) is 6.69. The van der Waals surface area contributed by atoms with Gasteiger partial charge in [-0.05, 0) is 47.4 Å². The highest BCUT2D eigenvalue weighted by molar-refractivity contribution is 7.52. The van der Waals surface area contributed by atoms with E-state index in [0.29, 0.717) is 43.8 Å². The summed E-state index contributed by atoms with van der Waals surface area (Å²) in [5, 5.41) is 3.02. The number of hydrogen-bond donors (Lipinski definition) is 3. The number of nitrogens with zero attached hydrogens (tertiary/aromatic N) is 2. The molecule has 3 atom stereocenters. The van der Waals surface area contributed by atoms with Gasteiger partial charge in [-0.2, -0.15) is 8.78 Å². The van der Waals surface area contributed by atoms with Gasteiger partial charge >= 0.3 is 13.3 Å². The maximum atomic E-state index is 14.3. The Balaban J connectivity index is 1.36. The van der Waals surface area contributed by atoms with Gasteiger partial charge in [-0.1, -0.05) is 57.2 Å². The van der Waals surface area contributed by atoms with Crippen molar-refractivity contribution in [3.05, 3.63) is 70.6 Å². The van der Waals surface area contributed by atoms with E-state index in [0.717, 1.165) is 29.0 Å². The molecule has 5 rings (SSSR count). The van der Waals surface area contributed by atoms with Crippen LogP contribution in [0.2, 0.25) is 0 Å². The molecule has 1 unspecified atom stereocenters. The molecule has 3 heterocycles. The van der Waals surface area contributed by atoms with E-state index in [1.807, 2.05) is 30.3 Å². The minimum absolute atomic E-state index is 0.136. The van der Waals surface area contributed by atoms with Crippen LogP contribution in [-0.4, -0.2) is 75.7 Å². The number of carbonyl (C=O) groups is 3. The summed E-state index contributed by atoms with van der Waals surface area (Å²) in [5.41, 5.74) is -5.05. The number of hydrogen-bond acceptors (Lipinski definition) is 6. The van der Waals surface area contributed by atoms with Gasteiger partial charge in [0.2, 0.25) is 11.8 Å². The fourth-order valence-corrected chi connectivity index (χ4v) is 7.25. The van der Waals surface area contributed by atoms with Crippen LogP contribution in [0, 0.1) is 5.41 Å². The Hall–Kier alpha value is -3.22. The van der Waals surface area contributed by atoms with Crippen LogP contribution in [0.5, 0.6) is 0 Å². The molecular weight excluding hydrogens is 627 g/mol. The molecule has 0 saturated carbocycles. The average molecular weight is 664 g/mol. The number of likely N-dealkylation sites (tertiary alicyclic amines) is 1. The van der Waals surface area contributed by atoms with E-state index in [9.17, 15) is 27.7 Å². The normalized spacial score (nSPS) is 20.3. The lowest BCUT2D eigenvalue weighted by Crippen LogP contribution is -2.58. The molecule has 2 aliphatic rings.